The number of carbonyl (C=O) groups is 3. The molecule has 2 N–H and O–H groups in total. The summed E-state index contributed by atoms with van der Waals surface area (Å²) in [4.78, 5) is 48.5. The molecule has 0 aromatic heterocycles. The Balaban J connectivity index is 4.91. The maximum absolute atomic E-state index is 12.9. The molecule has 0 bridgehead atoms. The standard InChI is InChI=1S/C62H101O11P/c1-4-7-10-13-16-19-22-24-26-28-29-31-33-35-38-41-44-47-50-53-62(66)73-59(55-69-60(64)51-48-45-42-39-37-34-32-30-27-25-23-20-17-14-11-8-5-2)57-71-74(67,68)70-56-58(54-63)72-61(65)52-49-46-43-40-36-21-18-15-12-9-6-3/h7-8,10-11,16-17,19-20,24-27,29,31-32,34-35,38,44,47,58-59,63H,4-6,9,12-15,18,21-23,28,30,33,36-37,39-43,45-46,48-57H2,1-3H3,(H,67,68)/b10-7-,11-8-,19-16-,20-17-,26-24-,27-25-,31-29-,34-32-,38-35-,47-44-. The molecule has 12 heteroatoms. The summed E-state index contributed by atoms with van der Waals surface area (Å²) < 4.78 is 39.4. The summed E-state index contributed by atoms with van der Waals surface area (Å²) in [6.45, 7) is 4.28. The monoisotopic (exact) mass is 1050 g/mol. The van der Waals surface area contributed by atoms with Crippen LogP contribution in [-0.2, 0) is 42.2 Å². The van der Waals surface area contributed by atoms with E-state index >= 15 is 0 Å². The quantitative estimate of drug-likeness (QED) is 0.0197. The normalized spacial score (nSPS) is 14.3. The van der Waals surface area contributed by atoms with Gasteiger partial charge in [0.05, 0.1) is 19.8 Å². The molecular formula is C62H101O11P. The van der Waals surface area contributed by atoms with Crippen LogP contribution in [0.25, 0.3) is 0 Å². The van der Waals surface area contributed by atoms with Gasteiger partial charge >= 0.3 is 25.7 Å². The SMILES string of the molecule is CC/C=C\C/C=C\C/C=C\C/C=C\C/C=C\C/C=C\CCC(=O)OC(COC(=O)CCCCCC/C=C\C/C=C\C/C=C\C/C=C\CC)COP(=O)(O)OCC(CO)OC(=O)CCCCCCCCCCCCC. The summed E-state index contributed by atoms with van der Waals surface area (Å²) in [6.07, 6.45) is 67.5. The lowest BCUT2D eigenvalue weighted by atomic mass is 10.1. The van der Waals surface area contributed by atoms with Gasteiger partial charge in [-0.2, -0.15) is 0 Å². The topological polar surface area (TPSA) is 155 Å². The van der Waals surface area contributed by atoms with Gasteiger partial charge in [0.2, 0.25) is 0 Å². The van der Waals surface area contributed by atoms with E-state index in [0.717, 1.165) is 103 Å². The molecule has 0 aliphatic heterocycles. The second-order valence-corrected chi connectivity index (χ2v) is 19.8. The highest BCUT2D eigenvalue weighted by Gasteiger charge is 2.28. The Hall–Kier alpha value is -4.12. The predicted octanol–water partition coefficient (Wildman–Crippen LogP) is 16.8. The largest absolute Gasteiger partial charge is 0.472 e. The van der Waals surface area contributed by atoms with Gasteiger partial charge in [0.15, 0.2) is 6.10 Å². The van der Waals surface area contributed by atoms with Gasteiger partial charge in [-0.15, -0.1) is 0 Å². The maximum atomic E-state index is 12.9. The lowest BCUT2D eigenvalue weighted by Crippen LogP contribution is -2.30. The molecule has 11 nitrogen and oxygen atoms in total. The number of esters is 3. The van der Waals surface area contributed by atoms with Crippen molar-refractivity contribution in [1.82, 2.24) is 0 Å². The van der Waals surface area contributed by atoms with Crippen LogP contribution >= 0.6 is 7.82 Å². The molecule has 0 saturated heterocycles. The minimum Gasteiger partial charge on any atom is -0.462 e. The van der Waals surface area contributed by atoms with E-state index in [1.807, 2.05) is 12.2 Å². The molecule has 0 saturated carbocycles. The number of allylic oxidation sites excluding steroid dienone is 20. The Morgan fingerprint density at radius 2 is 0.730 bits per heavy atom. The van der Waals surface area contributed by atoms with Crippen molar-refractivity contribution in [3.05, 3.63) is 122 Å². The molecule has 0 fully saturated rings. The van der Waals surface area contributed by atoms with Crippen LogP contribution in [0.1, 0.15) is 213 Å². The van der Waals surface area contributed by atoms with Gasteiger partial charge in [-0.1, -0.05) is 219 Å². The zero-order chi connectivity index (χ0) is 54.1. The Morgan fingerprint density at radius 1 is 0.392 bits per heavy atom. The van der Waals surface area contributed by atoms with E-state index < -0.39 is 57.8 Å². The van der Waals surface area contributed by atoms with Gasteiger partial charge in [0.25, 0.3) is 0 Å². The summed E-state index contributed by atoms with van der Waals surface area (Å²) in [5, 5.41) is 9.79. The lowest BCUT2D eigenvalue weighted by Gasteiger charge is -2.21. The van der Waals surface area contributed by atoms with Crippen molar-refractivity contribution in [2.75, 3.05) is 26.4 Å². The van der Waals surface area contributed by atoms with E-state index in [2.05, 4.69) is 130 Å². The Bertz CT molecular complexity index is 1700. The first-order chi connectivity index (χ1) is 36.2. The van der Waals surface area contributed by atoms with Gasteiger partial charge in [-0.25, -0.2) is 4.57 Å². The number of carbonyl (C=O) groups excluding carboxylic acids is 3. The van der Waals surface area contributed by atoms with Crippen LogP contribution in [0, 0.1) is 0 Å². The number of rotatable bonds is 51. The molecule has 0 aromatic rings. The molecule has 0 aliphatic rings. The predicted molar refractivity (Wildman–Crippen MR) is 306 cm³/mol. The molecule has 0 rings (SSSR count). The van der Waals surface area contributed by atoms with Crippen molar-refractivity contribution in [2.24, 2.45) is 0 Å². The first-order valence-electron chi connectivity index (χ1n) is 28.4. The molecule has 0 aromatic carbocycles. The smallest absolute Gasteiger partial charge is 0.462 e. The summed E-state index contributed by atoms with van der Waals surface area (Å²) >= 11 is 0. The van der Waals surface area contributed by atoms with Crippen LogP contribution in [0.5, 0.6) is 0 Å². The molecule has 0 amide bonds. The van der Waals surface area contributed by atoms with E-state index in [1.54, 1.807) is 0 Å². The van der Waals surface area contributed by atoms with Crippen LogP contribution in [-0.4, -0.2) is 66.5 Å². The number of hydrogen-bond donors (Lipinski definition) is 2. The van der Waals surface area contributed by atoms with Crippen LogP contribution in [0.4, 0.5) is 0 Å². The van der Waals surface area contributed by atoms with Crippen molar-refractivity contribution in [2.45, 2.75) is 226 Å². The average molecular weight is 1050 g/mol. The van der Waals surface area contributed by atoms with E-state index in [0.29, 0.717) is 25.7 Å². The van der Waals surface area contributed by atoms with Crippen LogP contribution in [0.3, 0.4) is 0 Å². The molecule has 3 unspecified atom stereocenters. The van der Waals surface area contributed by atoms with E-state index in [9.17, 15) is 28.9 Å². The second-order valence-electron chi connectivity index (χ2n) is 18.3. The van der Waals surface area contributed by atoms with Crippen LogP contribution in [0.15, 0.2) is 122 Å². The van der Waals surface area contributed by atoms with Crippen molar-refractivity contribution >= 4 is 25.7 Å². The van der Waals surface area contributed by atoms with Gasteiger partial charge in [-0.05, 0) is 96.3 Å². The number of hydrogen-bond acceptors (Lipinski definition) is 10. The number of ether oxygens (including phenoxy) is 3. The molecular weight excluding hydrogens is 952 g/mol. The minimum atomic E-state index is -4.78. The zero-order valence-corrected chi connectivity index (χ0v) is 47.2. The highest BCUT2D eigenvalue weighted by atomic mass is 31.2. The third-order valence-electron chi connectivity index (χ3n) is 11.4. The van der Waals surface area contributed by atoms with E-state index in [1.165, 1.54) is 44.9 Å². The number of unbranched alkanes of at least 4 members (excludes halogenated alkanes) is 14. The van der Waals surface area contributed by atoms with Crippen LogP contribution < -0.4 is 0 Å². The molecule has 0 heterocycles. The highest BCUT2D eigenvalue weighted by Crippen LogP contribution is 2.43. The Labute approximate surface area is 449 Å². The summed E-state index contributed by atoms with van der Waals surface area (Å²) in [7, 11) is -4.78. The maximum Gasteiger partial charge on any atom is 0.472 e. The third kappa shape index (κ3) is 52.7. The fraction of sp³-hybridized carbons (Fsp3) is 0.629. The number of phosphoric ester groups is 1. The van der Waals surface area contributed by atoms with Gasteiger partial charge in [-0.3, -0.25) is 23.4 Å². The fourth-order valence-electron chi connectivity index (χ4n) is 7.14. The fourth-order valence-corrected chi connectivity index (χ4v) is 7.92. The number of aliphatic hydroxyl groups excluding tert-OH is 1. The lowest BCUT2D eigenvalue weighted by molar-refractivity contribution is -0.161. The average Bonchev–Trinajstić information content (AvgIpc) is 3.39. The van der Waals surface area contributed by atoms with E-state index in [4.69, 9.17) is 23.3 Å². The van der Waals surface area contributed by atoms with Gasteiger partial charge < -0.3 is 24.2 Å². The second kappa shape index (κ2) is 55.1. The van der Waals surface area contributed by atoms with Crippen molar-refractivity contribution in [3.63, 3.8) is 0 Å². The molecule has 0 aliphatic carbocycles. The first-order valence-corrected chi connectivity index (χ1v) is 29.9. The molecule has 0 radical (unpaired) electrons. The number of phosphoric acid groups is 1. The van der Waals surface area contributed by atoms with Gasteiger partial charge in [0, 0.05) is 19.3 Å². The van der Waals surface area contributed by atoms with Gasteiger partial charge in [0.1, 0.15) is 12.7 Å². The summed E-state index contributed by atoms with van der Waals surface area (Å²) in [5.41, 5.74) is 0. The van der Waals surface area contributed by atoms with E-state index in [-0.39, 0.29) is 25.9 Å². The van der Waals surface area contributed by atoms with Crippen molar-refractivity contribution in [3.8, 4) is 0 Å². The number of aliphatic hydroxyl groups is 1. The molecule has 420 valence electrons. The zero-order valence-electron chi connectivity index (χ0n) is 46.3. The third-order valence-corrected chi connectivity index (χ3v) is 12.3. The molecule has 3 atom stereocenters. The molecule has 0 spiro atoms. The summed E-state index contributed by atoms with van der Waals surface area (Å²) in [6, 6.07) is 0. The first kappa shape index (κ1) is 69.9. The van der Waals surface area contributed by atoms with Crippen molar-refractivity contribution in [1.29, 1.82) is 0 Å². The minimum absolute atomic E-state index is 0.0313. The molecule has 74 heavy (non-hydrogen) atoms. The van der Waals surface area contributed by atoms with Crippen molar-refractivity contribution < 1.29 is 52.2 Å². The Kier molecular flexibility index (Phi) is 52.1. The van der Waals surface area contributed by atoms with Crippen LogP contribution in [0.2, 0.25) is 0 Å². The summed E-state index contributed by atoms with van der Waals surface area (Å²) in [5.74, 6) is -1.61. The Morgan fingerprint density at radius 3 is 1.16 bits per heavy atom. The highest BCUT2D eigenvalue weighted by molar-refractivity contribution is 7.47.